The smallest absolute Gasteiger partial charge is 0.138 e. The summed E-state index contributed by atoms with van der Waals surface area (Å²) in [4.78, 5) is 44.4. The van der Waals surface area contributed by atoms with Crippen molar-refractivity contribution in [2.45, 2.75) is 114 Å². The number of rotatable bonds is 12. The molecule has 15 rings (SSSR count). The molecule has 16 heteroatoms. The highest BCUT2D eigenvalue weighted by atomic mass is 15.1. The minimum atomic E-state index is 0.0455. The van der Waals surface area contributed by atoms with Crippen LogP contribution in [0.25, 0.3) is 62.0 Å². The average molecular weight is 1110 g/mol. The van der Waals surface area contributed by atoms with Gasteiger partial charge >= 0.3 is 0 Å². The number of hydrogen-bond acceptors (Lipinski definition) is 12. The Bertz CT molecular complexity index is 4370. The van der Waals surface area contributed by atoms with Crippen LogP contribution in [0.4, 0.5) is 0 Å². The molecule has 12 aromatic rings. The SMILES string of the molecule is Cc1cccnc1[C@@H]1CCC[C@H](c2cn3c(-c4cccnc4)cc(-c4cnc([C@@H]5CCC[C@H](c6cn7c(-c8ccncc8)cc(Cc8cccnc8[C@@H]8CCC[C@H](c9cn%10c(-c%11cncn%11C)cccc%10n9)N8)cc7n6)N5)c(C)c4)cc3n2)N1. The summed E-state index contributed by atoms with van der Waals surface area (Å²) in [6, 6.07) is 35.0. The van der Waals surface area contributed by atoms with Crippen LogP contribution in [0, 0.1) is 13.8 Å². The third-order valence-corrected chi connectivity index (χ3v) is 17.8. The van der Waals surface area contributed by atoms with Crippen molar-refractivity contribution in [2.24, 2.45) is 7.05 Å². The van der Waals surface area contributed by atoms with Crippen molar-refractivity contribution in [1.82, 2.24) is 78.6 Å². The third kappa shape index (κ3) is 9.82. The van der Waals surface area contributed by atoms with E-state index in [1.807, 2.05) is 79.6 Å². The Hall–Kier alpha value is -9.09. The Morgan fingerprint density at radius 2 is 1.04 bits per heavy atom. The highest BCUT2D eigenvalue weighted by Crippen LogP contribution is 2.40. The summed E-state index contributed by atoms with van der Waals surface area (Å²) in [5, 5.41) is 12.0. The van der Waals surface area contributed by atoms with E-state index in [1.54, 1.807) is 0 Å². The summed E-state index contributed by atoms with van der Waals surface area (Å²) in [5.74, 6) is 0. The minimum Gasteiger partial charge on any atom is -0.333 e. The van der Waals surface area contributed by atoms with E-state index in [0.29, 0.717) is 6.42 Å². The van der Waals surface area contributed by atoms with E-state index in [2.05, 4.69) is 161 Å². The molecule has 15 heterocycles. The van der Waals surface area contributed by atoms with E-state index in [0.717, 1.165) is 159 Å². The minimum absolute atomic E-state index is 0.0455. The summed E-state index contributed by atoms with van der Waals surface area (Å²) in [5.41, 5.74) is 22.4. The Kier molecular flexibility index (Phi) is 13.5. The standard InChI is InChI=1S/C68H66N16/c1-42-11-8-25-72-66(42)53-17-4-14-52(75-53)58-40-84-61(47-13-9-24-70-35-47)33-48(34-65(84)80-58)49-29-43(2)67(74-36-49)54-18-5-15-51(76-54)57-39-83-60(45-22-27-69-28-23-45)31-44(32-64(83)79-57)30-46-12-10-26-73-68(46)55-19-6-16-50(77-55)56-38-82-59(20-7-21-63(82)78-56)62-37-71-41-81(62)3/h7-13,20-29,31-41,50-55,75-77H,4-6,14-19,30H2,1-3H3/t50-,51-,52-,53+,54+,55+/m1/s1. The molecule has 418 valence electrons. The number of aromatic nitrogens is 13. The Morgan fingerprint density at radius 1 is 0.429 bits per heavy atom. The molecule has 0 saturated carbocycles. The highest BCUT2D eigenvalue weighted by Gasteiger charge is 2.31. The molecule has 0 aliphatic carbocycles. The number of nitrogens with one attached hydrogen (secondary N) is 3. The second-order valence-electron chi connectivity index (χ2n) is 23.3. The van der Waals surface area contributed by atoms with Crippen molar-refractivity contribution < 1.29 is 0 Å². The van der Waals surface area contributed by atoms with Gasteiger partial charge in [0, 0.05) is 85.7 Å². The van der Waals surface area contributed by atoms with Crippen LogP contribution in [0.15, 0.2) is 172 Å². The van der Waals surface area contributed by atoms with Gasteiger partial charge in [-0.1, -0.05) is 18.2 Å². The largest absolute Gasteiger partial charge is 0.333 e. The molecule has 3 saturated heterocycles. The summed E-state index contributed by atoms with van der Waals surface area (Å²) in [7, 11) is 2.03. The van der Waals surface area contributed by atoms with Crippen LogP contribution in [0.3, 0.4) is 0 Å². The highest BCUT2D eigenvalue weighted by molar-refractivity contribution is 5.76. The lowest BCUT2D eigenvalue weighted by molar-refractivity contribution is 0.321. The van der Waals surface area contributed by atoms with E-state index in [9.17, 15) is 0 Å². The van der Waals surface area contributed by atoms with Gasteiger partial charge in [0.15, 0.2) is 0 Å². The zero-order valence-corrected chi connectivity index (χ0v) is 47.5. The number of fused-ring (bicyclic) bond motifs is 3. The molecule has 16 nitrogen and oxygen atoms in total. The number of aryl methyl sites for hydroxylation is 3. The van der Waals surface area contributed by atoms with Gasteiger partial charge < -0.3 is 20.5 Å². The maximum absolute atomic E-state index is 5.44. The molecule has 3 aliphatic rings. The van der Waals surface area contributed by atoms with E-state index in [-0.39, 0.29) is 36.3 Å². The number of pyridine rings is 8. The lowest BCUT2D eigenvalue weighted by Crippen LogP contribution is -2.32. The first kappa shape index (κ1) is 51.8. The predicted octanol–water partition coefficient (Wildman–Crippen LogP) is 12.9. The fourth-order valence-corrected chi connectivity index (χ4v) is 13.6. The molecular formula is C68H66N16. The van der Waals surface area contributed by atoms with Gasteiger partial charge in [0.2, 0.25) is 0 Å². The van der Waals surface area contributed by atoms with Crippen LogP contribution in [0.2, 0.25) is 0 Å². The van der Waals surface area contributed by atoms with Gasteiger partial charge in [-0.05, 0) is 185 Å². The molecule has 0 unspecified atom stereocenters. The molecule has 6 atom stereocenters. The van der Waals surface area contributed by atoms with Gasteiger partial charge in [-0.3, -0.25) is 38.1 Å². The molecule has 0 bridgehead atoms. The van der Waals surface area contributed by atoms with Crippen molar-refractivity contribution in [3.8, 4) is 45.0 Å². The normalized spacial score (nSPS) is 20.3. The van der Waals surface area contributed by atoms with Gasteiger partial charge in [-0.25, -0.2) is 19.9 Å². The number of hydrogen-bond donors (Lipinski definition) is 3. The van der Waals surface area contributed by atoms with E-state index in [1.165, 1.54) is 16.7 Å². The molecule has 0 radical (unpaired) electrons. The Balaban J connectivity index is 0.690. The average Bonchev–Trinajstić information content (AvgIpc) is 3.10. The fourth-order valence-electron chi connectivity index (χ4n) is 13.6. The first-order valence-corrected chi connectivity index (χ1v) is 29.7. The zero-order valence-electron chi connectivity index (χ0n) is 47.5. The number of piperidine rings is 3. The molecule has 0 spiro atoms. The monoisotopic (exact) mass is 1110 g/mol. The van der Waals surface area contributed by atoms with Gasteiger partial charge in [0.25, 0.3) is 0 Å². The second kappa shape index (κ2) is 21.9. The first-order chi connectivity index (χ1) is 41.3. The van der Waals surface area contributed by atoms with Gasteiger partial charge in [-0.2, -0.15) is 0 Å². The van der Waals surface area contributed by atoms with Gasteiger partial charge in [0.1, 0.15) is 16.9 Å². The van der Waals surface area contributed by atoms with E-state index in [4.69, 9.17) is 29.9 Å². The Labute approximate surface area is 487 Å². The van der Waals surface area contributed by atoms with E-state index < -0.39 is 0 Å². The molecule has 0 aromatic carbocycles. The number of nitrogens with zero attached hydrogens (tertiary/aromatic N) is 13. The second-order valence-corrected chi connectivity index (χ2v) is 23.3. The molecule has 3 N–H and O–H groups in total. The van der Waals surface area contributed by atoms with E-state index >= 15 is 0 Å². The van der Waals surface area contributed by atoms with Crippen molar-refractivity contribution in [3.63, 3.8) is 0 Å². The van der Waals surface area contributed by atoms with Crippen LogP contribution in [-0.4, -0.2) is 62.6 Å². The lowest BCUT2D eigenvalue weighted by Gasteiger charge is -2.31. The van der Waals surface area contributed by atoms with Gasteiger partial charge in [0.05, 0.1) is 106 Å². The molecule has 3 fully saturated rings. The topological polar surface area (TPSA) is 170 Å². The van der Waals surface area contributed by atoms with Crippen LogP contribution in [-0.2, 0) is 13.5 Å². The van der Waals surface area contributed by atoms with Crippen LogP contribution in [0.5, 0.6) is 0 Å². The number of imidazole rings is 4. The zero-order chi connectivity index (χ0) is 56.3. The molecule has 0 amide bonds. The van der Waals surface area contributed by atoms with Crippen molar-refractivity contribution in [3.05, 3.63) is 228 Å². The lowest BCUT2D eigenvalue weighted by atomic mass is 9.91. The van der Waals surface area contributed by atoms with Crippen molar-refractivity contribution in [2.75, 3.05) is 0 Å². The van der Waals surface area contributed by atoms with Crippen molar-refractivity contribution >= 4 is 16.9 Å². The molecule has 3 aliphatic heterocycles. The van der Waals surface area contributed by atoms with Crippen molar-refractivity contribution in [1.29, 1.82) is 0 Å². The molecular weight excluding hydrogens is 1040 g/mol. The first-order valence-electron chi connectivity index (χ1n) is 29.7. The summed E-state index contributed by atoms with van der Waals surface area (Å²) in [6.07, 6.45) is 33.7. The quantitative estimate of drug-likeness (QED) is 0.106. The molecule has 12 aromatic heterocycles. The van der Waals surface area contributed by atoms with Crippen LogP contribution < -0.4 is 16.0 Å². The van der Waals surface area contributed by atoms with Gasteiger partial charge in [-0.15, -0.1) is 0 Å². The summed E-state index contributed by atoms with van der Waals surface area (Å²) >= 11 is 0. The maximum atomic E-state index is 5.44. The predicted molar refractivity (Wildman–Crippen MR) is 326 cm³/mol. The molecule has 84 heavy (non-hydrogen) atoms. The van der Waals surface area contributed by atoms with Crippen LogP contribution in [0.1, 0.15) is 150 Å². The third-order valence-electron chi connectivity index (χ3n) is 17.8. The Morgan fingerprint density at radius 3 is 1.69 bits per heavy atom. The summed E-state index contributed by atoms with van der Waals surface area (Å²) < 4.78 is 8.72. The maximum Gasteiger partial charge on any atom is 0.138 e. The summed E-state index contributed by atoms with van der Waals surface area (Å²) in [6.45, 7) is 4.35. The fraction of sp³-hybridized carbons (Fsp3) is 0.279. The van der Waals surface area contributed by atoms with Crippen LogP contribution >= 0.6 is 0 Å².